The van der Waals surface area contributed by atoms with Crippen molar-refractivity contribution in [2.75, 3.05) is 6.54 Å². The highest BCUT2D eigenvalue weighted by Crippen LogP contribution is 2.38. The number of halogens is 2. The van der Waals surface area contributed by atoms with Crippen LogP contribution in [0.5, 0.6) is 0 Å². The third-order valence-corrected chi connectivity index (χ3v) is 5.53. The highest BCUT2D eigenvalue weighted by atomic mass is 35.5. The Balaban J connectivity index is 1.93. The Hall–Kier alpha value is 0.110. The van der Waals surface area contributed by atoms with Crippen LogP contribution in [-0.4, -0.2) is 17.8 Å². The molecule has 0 aromatic heterocycles. The molecule has 0 amide bonds. The Morgan fingerprint density at radius 1 is 1.32 bits per heavy atom. The fourth-order valence-electron chi connectivity index (χ4n) is 2.53. The van der Waals surface area contributed by atoms with Crippen LogP contribution < -0.4 is 5.32 Å². The third kappa shape index (κ3) is 4.86. The van der Waals surface area contributed by atoms with Crippen molar-refractivity contribution in [1.82, 2.24) is 5.32 Å². The average molecular weight is 318 g/mol. The number of benzene rings is 1. The van der Waals surface area contributed by atoms with Gasteiger partial charge >= 0.3 is 0 Å². The predicted octanol–water partition coefficient (Wildman–Crippen LogP) is 5.40. The number of rotatable bonds is 5. The summed E-state index contributed by atoms with van der Waals surface area (Å²) in [6.07, 6.45) is 6.32. The van der Waals surface area contributed by atoms with Gasteiger partial charge in [-0.25, -0.2) is 0 Å². The van der Waals surface area contributed by atoms with E-state index < -0.39 is 0 Å². The molecule has 2 atom stereocenters. The van der Waals surface area contributed by atoms with Crippen molar-refractivity contribution in [2.45, 2.75) is 55.2 Å². The standard InChI is InChI=1S/C15H21Cl2NS/c1-2-8-18-12-4-3-5-13(10-12)19-15-9-11(16)6-7-14(15)17/h6-7,9,12-13,18H,2-5,8,10H2,1H3. The van der Waals surface area contributed by atoms with Crippen molar-refractivity contribution in [3.63, 3.8) is 0 Å². The van der Waals surface area contributed by atoms with Gasteiger partial charge in [0.25, 0.3) is 0 Å². The summed E-state index contributed by atoms with van der Waals surface area (Å²) in [6.45, 7) is 3.34. The molecule has 106 valence electrons. The number of thioether (sulfide) groups is 1. The smallest absolute Gasteiger partial charge is 0.0542 e. The SMILES string of the molecule is CCCNC1CCCC(Sc2cc(Cl)ccc2Cl)C1. The molecular formula is C15H21Cl2NS. The van der Waals surface area contributed by atoms with Crippen LogP contribution in [-0.2, 0) is 0 Å². The highest BCUT2D eigenvalue weighted by molar-refractivity contribution is 8.00. The lowest BCUT2D eigenvalue weighted by atomic mass is 9.95. The molecule has 2 unspecified atom stereocenters. The van der Waals surface area contributed by atoms with Gasteiger partial charge in [-0.15, -0.1) is 11.8 Å². The summed E-state index contributed by atoms with van der Waals surface area (Å²) in [7, 11) is 0. The van der Waals surface area contributed by atoms with Crippen LogP contribution in [0.15, 0.2) is 23.1 Å². The molecule has 0 bridgehead atoms. The van der Waals surface area contributed by atoms with Crippen molar-refractivity contribution in [2.24, 2.45) is 0 Å². The second-order valence-electron chi connectivity index (χ2n) is 5.13. The normalized spacial score (nSPS) is 23.5. The molecule has 1 aromatic rings. The Morgan fingerprint density at radius 3 is 2.95 bits per heavy atom. The maximum atomic E-state index is 6.24. The minimum Gasteiger partial charge on any atom is -0.314 e. The minimum atomic E-state index is 0.652. The first-order valence-corrected chi connectivity index (χ1v) is 8.67. The van der Waals surface area contributed by atoms with E-state index in [0.29, 0.717) is 11.3 Å². The zero-order chi connectivity index (χ0) is 13.7. The van der Waals surface area contributed by atoms with Crippen LogP contribution in [0.4, 0.5) is 0 Å². The third-order valence-electron chi connectivity index (χ3n) is 3.50. The van der Waals surface area contributed by atoms with E-state index in [2.05, 4.69) is 12.2 Å². The summed E-state index contributed by atoms with van der Waals surface area (Å²) in [6, 6.07) is 6.39. The summed E-state index contributed by atoms with van der Waals surface area (Å²) < 4.78 is 0. The van der Waals surface area contributed by atoms with Crippen molar-refractivity contribution in [1.29, 1.82) is 0 Å². The van der Waals surface area contributed by atoms with Crippen LogP contribution in [0.1, 0.15) is 39.0 Å². The maximum Gasteiger partial charge on any atom is 0.0542 e. The second-order valence-corrected chi connectivity index (χ2v) is 7.32. The second kappa shape index (κ2) is 7.78. The van der Waals surface area contributed by atoms with Crippen LogP contribution in [0.2, 0.25) is 10.0 Å². The van der Waals surface area contributed by atoms with E-state index in [9.17, 15) is 0 Å². The molecule has 1 fully saturated rings. The molecule has 1 aromatic carbocycles. The predicted molar refractivity (Wildman–Crippen MR) is 86.7 cm³/mol. The first-order valence-electron chi connectivity index (χ1n) is 7.04. The zero-order valence-corrected chi connectivity index (χ0v) is 13.6. The summed E-state index contributed by atoms with van der Waals surface area (Å²) >= 11 is 14.2. The molecule has 1 saturated carbocycles. The molecule has 2 rings (SSSR count). The molecule has 0 spiro atoms. The fourth-order valence-corrected chi connectivity index (χ4v) is 4.37. The molecule has 0 radical (unpaired) electrons. The van der Waals surface area contributed by atoms with Gasteiger partial charge < -0.3 is 5.32 Å². The van der Waals surface area contributed by atoms with Crippen LogP contribution in [0, 0.1) is 0 Å². The lowest BCUT2D eigenvalue weighted by molar-refractivity contribution is 0.381. The van der Waals surface area contributed by atoms with E-state index in [4.69, 9.17) is 23.2 Å². The molecule has 1 nitrogen and oxygen atoms in total. The molecule has 19 heavy (non-hydrogen) atoms. The van der Waals surface area contributed by atoms with E-state index >= 15 is 0 Å². The minimum absolute atomic E-state index is 0.652. The van der Waals surface area contributed by atoms with Gasteiger partial charge in [0.1, 0.15) is 0 Å². The van der Waals surface area contributed by atoms with E-state index in [-0.39, 0.29) is 0 Å². The zero-order valence-electron chi connectivity index (χ0n) is 11.3. The number of nitrogens with one attached hydrogen (secondary N) is 1. The van der Waals surface area contributed by atoms with E-state index in [0.717, 1.165) is 21.5 Å². The molecule has 1 aliphatic rings. The van der Waals surface area contributed by atoms with Crippen LogP contribution in [0.3, 0.4) is 0 Å². The van der Waals surface area contributed by atoms with Crippen molar-refractivity contribution < 1.29 is 0 Å². The van der Waals surface area contributed by atoms with Gasteiger partial charge in [0.05, 0.1) is 5.02 Å². The topological polar surface area (TPSA) is 12.0 Å². The van der Waals surface area contributed by atoms with Crippen molar-refractivity contribution in [3.8, 4) is 0 Å². The molecule has 1 N–H and O–H groups in total. The largest absolute Gasteiger partial charge is 0.314 e. The molecule has 4 heteroatoms. The average Bonchev–Trinajstić information content (AvgIpc) is 2.41. The summed E-state index contributed by atoms with van der Waals surface area (Å²) in [4.78, 5) is 1.12. The van der Waals surface area contributed by atoms with Gasteiger partial charge in [0.15, 0.2) is 0 Å². The van der Waals surface area contributed by atoms with Crippen molar-refractivity contribution in [3.05, 3.63) is 28.2 Å². The molecule has 0 aliphatic heterocycles. The monoisotopic (exact) mass is 317 g/mol. The van der Waals surface area contributed by atoms with Gasteiger partial charge in [0, 0.05) is 21.2 Å². The Morgan fingerprint density at radius 2 is 2.16 bits per heavy atom. The van der Waals surface area contributed by atoms with E-state index in [1.54, 1.807) is 0 Å². The van der Waals surface area contributed by atoms with Crippen LogP contribution >= 0.6 is 35.0 Å². The van der Waals surface area contributed by atoms with Gasteiger partial charge in [-0.2, -0.15) is 0 Å². The lowest BCUT2D eigenvalue weighted by Gasteiger charge is -2.29. The van der Waals surface area contributed by atoms with Gasteiger partial charge in [-0.3, -0.25) is 0 Å². The highest BCUT2D eigenvalue weighted by Gasteiger charge is 2.22. The summed E-state index contributed by atoms with van der Waals surface area (Å²) in [5.74, 6) is 0. The summed E-state index contributed by atoms with van der Waals surface area (Å²) in [5, 5.41) is 5.88. The number of hydrogen-bond acceptors (Lipinski definition) is 2. The van der Waals surface area contributed by atoms with Gasteiger partial charge in [-0.1, -0.05) is 36.5 Å². The quantitative estimate of drug-likeness (QED) is 0.780. The fraction of sp³-hybridized carbons (Fsp3) is 0.600. The molecule has 0 heterocycles. The molecule has 1 aliphatic carbocycles. The van der Waals surface area contributed by atoms with Crippen LogP contribution in [0.25, 0.3) is 0 Å². The first-order chi connectivity index (χ1) is 9.19. The van der Waals surface area contributed by atoms with Crippen molar-refractivity contribution >= 4 is 35.0 Å². The van der Waals surface area contributed by atoms with Gasteiger partial charge in [-0.05, 0) is 50.4 Å². The molecule has 0 saturated heterocycles. The lowest BCUT2D eigenvalue weighted by Crippen LogP contribution is -2.35. The Kier molecular flexibility index (Phi) is 6.34. The maximum absolute atomic E-state index is 6.24. The van der Waals surface area contributed by atoms with E-state index in [1.807, 2.05) is 30.0 Å². The number of hydrogen-bond donors (Lipinski definition) is 1. The first kappa shape index (κ1) is 15.5. The summed E-state index contributed by atoms with van der Waals surface area (Å²) in [5.41, 5.74) is 0. The van der Waals surface area contributed by atoms with Gasteiger partial charge in [0.2, 0.25) is 0 Å². The molecular weight excluding hydrogens is 297 g/mol. The van der Waals surface area contributed by atoms with E-state index in [1.165, 1.54) is 32.1 Å². The Bertz CT molecular complexity index is 411. The Labute approximate surface area is 130 Å².